The fourth-order valence-corrected chi connectivity index (χ4v) is 2.06. The Kier molecular flexibility index (Phi) is 6.20. The summed E-state index contributed by atoms with van der Waals surface area (Å²) in [7, 11) is 0. The molecule has 0 saturated carbocycles. The highest BCUT2D eigenvalue weighted by molar-refractivity contribution is 5.68. The van der Waals surface area contributed by atoms with E-state index in [9.17, 15) is 4.79 Å². The Morgan fingerprint density at radius 1 is 1.33 bits per heavy atom. The van der Waals surface area contributed by atoms with Crippen molar-refractivity contribution in [2.45, 2.75) is 65.1 Å². The molecule has 1 amide bonds. The van der Waals surface area contributed by atoms with Crippen LogP contribution in [-0.4, -0.2) is 33.7 Å². The summed E-state index contributed by atoms with van der Waals surface area (Å²) in [5, 5.41) is 6.37. The van der Waals surface area contributed by atoms with Crippen LogP contribution in [0.1, 0.15) is 53.2 Å². The predicted octanol–water partition coefficient (Wildman–Crippen LogP) is 2.58. The van der Waals surface area contributed by atoms with Crippen LogP contribution in [0.25, 0.3) is 0 Å². The van der Waals surface area contributed by atoms with Gasteiger partial charge in [0, 0.05) is 25.0 Å². The first-order valence-corrected chi connectivity index (χ1v) is 7.49. The number of carbonyl (C=O) groups excluding carboxylic acids is 1. The van der Waals surface area contributed by atoms with E-state index >= 15 is 0 Å². The second kappa shape index (κ2) is 7.45. The van der Waals surface area contributed by atoms with Crippen molar-refractivity contribution >= 4 is 6.09 Å². The second-order valence-electron chi connectivity index (χ2n) is 6.29. The van der Waals surface area contributed by atoms with E-state index in [0.717, 1.165) is 18.5 Å². The first kappa shape index (κ1) is 17.5. The third-order valence-electron chi connectivity index (χ3n) is 3.45. The molecule has 6 heteroatoms. The Hall–Kier alpha value is -1.56. The van der Waals surface area contributed by atoms with Gasteiger partial charge in [-0.05, 0) is 33.6 Å². The zero-order valence-electron chi connectivity index (χ0n) is 13.7. The lowest BCUT2D eigenvalue weighted by Crippen LogP contribution is -2.55. The zero-order chi connectivity index (χ0) is 15.9. The number of rotatable bonds is 7. The van der Waals surface area contributed by atoms with Crippen molar-refractivity contribution in [3.8, 4) is 0 Å². The van der Waals surface area contributed by atoms with Crippen LogP contribution >= 0.6 is 0 Å². The maximum absolute atomic E-state index is 12.0. The van der Waals surface area contributed by atoms with Crippen LogP contribution in [0.4, 0.5) is 4.79 Å². The second-order valence-corrected chi connectivity index (χ2v) is 6.29. The molecule has 0 aliphatic heterocycles. The summed E-state index contributed by atoms with van der Waals surface area (Å²) in [4.78, 5) is 19.0. The number of nitrogens with one attached hydrogen (secondary N) is 3. The maximum Gasteiger partial charge on any atom is 0.408 e. The summed E-state index contributed by atoms with van der Waals surface area (Å²) in [6.45, 7) is 11.1. The van der Waals surface area contributed by atoms with E-state index in [-0.39, 0.29) is 11.6 Å². The average Bonchev–Trinajstić information content (AvgIpc) is 2.88. The van der Waals surface area contributed by atoms with Crippen molar-refractivity contribution in [3.05, 3.63) is 18.2 Å². The van der Waals surface area contributed by atoms with Gasteiger partial charge in [0.25, 0.3) is 0 Å². The molecule has 1 aromatic rings. The van der Waals surface area contributed by atoms with E-state index < -0.39 is 5.60 Å². The predicted molar refractivity (Wildman–Crippen MR) is 83.0 cm³/mol. The Morgan fingerprint density at radius 2 is 2.00 bits per heavy atom. The summed E-state index contributed by atoms with van der Waals surface area (Å²) in [5.41, 5.74) is 0.233. The summed E-state index contributed by atoms with van der Waals surface area (Å²) in [6.07, 6.45) is 4.74. The number of ether oxygens (including phenoxy) is 1. The molecule has 3 N–H and O–H groups in total. The van der Waals surface area contributed by atoms with E-state index in [1.165, 1.54) is 0 Å². The molecule has 1 aromatic heterocycles. The molecule has 0 bridgehead atoms. The van der Waals surface area contributed by atoms with E-state index in [1.54, 1.807) is 12.5 Å². The van der Waals surface area contributed by atoms with Crippen molar-refractivity contribution in [1.82, 2.24) is 20.6 Å². The highest BCUT2D eigenvalue weighted by Gasteiger charge is 2.30. The van der Waals surface area contributed by atoms with Gasteiger partial charge in [0.15, 0.2) is 0 Å². The minimum atomic E-state index is -0.485. The highest BCUT2D eigenvalue weighted by atomic mass is 16.6. The molecule has 0 saturated heterocycles. The first-order chi connectivity index (χ1) is 9.80. The van der Waals surface area contributed by atoms with E-state index in [4.69, 9.17) is 4.74 Å². The van der Waals surface area contributed by atoms with Crippen molar-refractivity contribution in [2.75, 3.05) is 6.54 Å². The Morgan fingerprint density at radius 3 is 2.48 bits per heavy atom. The molecule has 120 valence electrons. The van der Waals surface area contributed by atoms with E-state index in [0.29, 0.717) is 13.1 Å². The number of carbonyl (C=O) groups is 1. The van der Waals surface area contributed by atoms with Crippen LogP contribution in [0.2, 0.25) is 0 Å². The lowest BCUT2D eigenvalue weighted by atomic mass is 9.93. The molecule has 0 radical (unpaired) electrons. The number of aromatic nitrogens is 2. The van der Waals surface area contributed by atoms with Gasteiger partial charge in [0.05, 0.1) is 11.9 Å². The monoisotopic (exact) mass is 296 g/mol. The maximum atomic E-state index is 12.0. The molecule has 1 rings (SSSR count). The molecule has 21 heavy (non-hydrogen) atoms. The smallest absolute Gasteiger partial charge is 0.408 e. The number of hydrogen-bond acceptors (Lipinski definition) is 4. The largest absolute Gasteiger partial charge is 0.444 e. The Balaban J connectivity index is 2.54. The standard InChI is InChI=1S/C15H28N4O2/c1-6-15(7-2,19-13(20)21-14(3,4)5)10-16-8-12-9-17-11-18-12/h9,11,16H,6-8,10H2,1-5H3,(H,17,18)(H,19,20). The summed E-state index contributed by atoms with van der Waals surface area (Å²) in [5.74, 6) is 0. The molecule has 0 aliphatic rings. The fourth-order valence-electron chi connectivity index (χ4n) is 2.06. The van der Waals surface area contributed by atoms with Gasteiger partial charge < -0.3 is 20.4 Å². The SMILES string of the molecule is CCC(CC)(CNCc1cnc[nH]1)NC(=O)OC(C)(C)C. The van der Waals surface area contributed by atoms with Crippen LogP contribution in [0, 0.1) is 0 Å². The fraction of sp³-hybridized carbons (Fsp3) is 0.733. The molecule has 0 unspecified atom stereocenters. The molecule has 0 aliphatic carbocycles. The number of aromatic amines is 1. The van der Waals surface area contributed by atoms with Gasteiger partial charge in [0.2, 0.25) is 0 Å². The van der Waals surface area contributed by atoms with Crippen LogP contribution in [0.5, 0.6) is 0 Å². The normalized spacial score (nSPS) is 12.2. The Labute approximate surface area is 127 Å². The van der Waals surface area contributed by atoms with Crippen LogP contribution in [0.3, 0.4) is 0 Å². The topological polar surface area (TPSA) is 79.0 Å². The summed E-state index contributed by atoms with van der Waals surface area (Å²) < 4.78 is 5.36. The van der Waals surface area contributed by atoms with E-state index in [1.807, 2.05) is 20.8 Å². The number of amides is 1. The number of alkyl carbamates (subject to hydrolysis) is 1. The number of H-pyrrole nitrogens is 1. The molecule has 0 aromatic carbocycles. The minimum absolute atomic E-state index is 0.303. The van der Waals surface area contributed by atoms with Gasteiger partial charge in [-0.2, -0.15) is 0 Å². The van der Waals surface area contributed by atoms with Crippen LogP contribution in [0.15, 0.2) is 12.5 Å². The minimum Gasteiger partial charge on any atom is -0.444 e. The van der Waals surface area contributed by atoms with Crippen LogP contribution in [-0.2, 0) is 11.3 Å². The average molecular weight is 296 g/mol. The Bertz CT molecular complexity index is 419. The quantitative estimate of drug-likeness (QED) is 0.722. The molecule has 0 fully saturated rings. The molecular weight excluding hydrogens is 268 g/mol. The van der Waals surface area contributed by atoms with E-state index in [2.05, 4.69) is 34.4 Å². The van der Waals surface area contributed by atoms with Gasteiger partial charge in [-0.1, -0.05) is 13.8 Å². The van der Waals surface area contributed by atoms with Gasteiger partial charge in [-0.15, -0.1) is 0 Å². The van der Waals surface area contributed by atoms with Gasteiger partial charge in [-0.3, -0.25) is 0 Å². The summed E-state index contributed by atoms with van der Waals surface area (Å²) in [6, 6.07) is 0. The summed E-state index contributed by atoms with van der Waals surface area (Å²) >= 11 is 0. The van der Waals surface area contributed by atoms with Crippen molar-refractivity contribution in [1.29, 1.82) is 0 Å². The number of imidazole rings is 1. The first-order valence-electron chi connectivity index (χ1n) is 7.49. The van der Waals surface area contributed by atoms with Gasteiger partial charge in [0.1, 0.15) is 5.60 Å². The lowest BCUT2D eigenvalue weighted by molar-refractivity contribution is 0.0446. The number of hydrogen-bond donors (Lipinski definition) is 3. The third kappa shape index (κ3) is 6.16. The van der Waals surface area contributed by atoms with Gasteiger partial charge >= 0.3 is 6.09 Å². The lowest BCUT2D eigenvalue weighted by Gasteiger charge is -2.34. The third-order valence-corrected chi connectivity index (χ3v) is 3.45. The van der Waals surface area contributed by atoms with Crippen molar-refractivity contribution in [2.24, 2.45) is 0 Å². The molecular formula is C15H28N4O2. The highest BCUT2D eigenvalue weighted by Crippen LogP contribution is 2.16. The van der Waals surface area contributed by atoms with Crippen LogP contribution < -0.4 is 10.6 Å². The molecule has 0 atom stereocenters. The number of nitrogens with zero attached hydrogens (tertiary/aromatic N) is 1. The molecule has 6 nitrogen and oxygen atoms in total. The van der Waals surface area contributed by atoms with Crippen molar-refractivity contribution in [3.63, 3.8) is 0 Å². The zero-order valence-corrected chi connectivity index (χ0v) is 13.7. The van der Waals surface area contributed by atoms with Crippen molar-refractivity contribution < 1.29 is 9.53 Å². The molecule has 0 spiro atoms. The van der Waals surface area contributed by atoms with Gasteiger partial charge in [-0.25, -0.2) is 9.78 Å². The molecule has 1 heterocycles.